The number of benzene rings is 1. The molecule has 0 bridgehead atoms. The van der Waals surface area contributed by atoms with Gasteiger partial charge in [0, 0.05) is 19.7 Å². The summed E-state index contributed by atoms with van der Waals surface area (Å²) in [6.45, 7) is 2.37. The molecular weight excluding hydrogens is 278 g/mol. The first-order valence-electron chi connectivity index (χ1n) is 6.32. The van der Waals surface area contributed by atoms with Gasteiger partial charge in [-0.05, 0) is 6.92 Å². The van der Waals surface area contributed by atoms with E-state index in [0.29, 0.717) is 12.3 Å². The molecule has 116 valence electrons. The minimum atomic E-state index is -0.543. The van der Waals surface area contributed by atoms with Crippen LogP contribution >= 0.6 is 0 Å². The van der Waals surface area contributed by atoms with Crippen molar-refractivity contribution in [3.63, 3.8) is 0 Å². The van der Waals surface area contributed by atoms with Crippen LogP contribution in [0.4, 0.5) is 11.4 Å². The topological polar surface area (TPSA) is 93.9 Å². The Morgan fingerprint density at radius 1 is 1.33 bits per heavy atom. The fraction of sp³-hybridized carbons (Fsp3) is 0.462. The second kappa shape index (κ2) is 7.32. The van der Waals surface area contributed by atoms with Crippen LogP contribution in [0.15, 0.2) is 12.1 Å². The molecule has 0 atom stereocenters. The summed E-state index contributed by atoms with van der Waals surface area (Å²) >= 11 is 0. The fourth-order valence-corrected chi connectivity index (χ4v) is 1.64. The van der Waals surface area contributed by atoms with Crippen molar-refractivity contribution in [2.24, 2.45) is 0 Å². The van der Waals surface area contributed by atoms with Gasteiger partial charge in [0.05, 0.1) is 31.8 Å². The van der Waals surface area contributed by atoms with Crippen LogP contribution in [0, 0.1) is 10.1 Å². The Morgan fingerprint density at radius 3 is 2.38 bits per heavy atom. The van der Waals surface area contributed by atoms with Crippen LogP contribution in [0.1, 0.15) is 6.92 Å². The van der Waals surface area contributed by atoms with Gasteiger partial charge in [-0.15, -0.1) is 0 Å². The number of nitrogens with zero attached hydrogens (tertiary/aromatic N) is 2. The third-order valence-electron chi connectivity index (χ3n) is 3.03. The maximum Gasteiger partial charge on any atom is 0.296 e. The summed E-state index contributed by atoms with van der Waals surface area (Å²) in [4.78, 5) is 23.8. The molecule has 0 radical (unpaired) electrons. The molecule has 0 heterocycles. The van der Waals surface area contributed by atoms with Gasteiger partial charge in [-0.25, -0.2) is 0 Å². The first kappa shape index (κ1) is 16.5. The van der Waals surface area contributed by atoms with E-state index in [4.69, 9.17) is 9.47 Å². The number of rotatable bonds is 7. The molecule has 1 N–H and O–H groups in total. The maximum atomic E-state index is 11.7. The Morgan fingerprint density at radius 2 is 1.90 bits per heavy atom. The molecule has 1 aromatic rings. The molecular formula is C13H19N3O5. The number of carbonyl (C=O) groups excluding carboxylic acids is 1. The van der Waals surface area contributed by atoms with Crippen LogP contribution in [0.25, 0.3) is 0 Å². The summed E-state index contributed by atoms with van der Waals surface area (Å²) in [7, 11) is 4.49. The number of carbonyl (C=O) groups is 1. The summed E-state index contributed by atoms with van der Waals surface area (Å²) in [5.74, 6) is 0.440. The average molecular weight is 297 g/mol. The van der Waals surface area contributed by atoms with Crippen LogP contribution < -0.4 is 14.8 Å². The van der Waals surface area contributed by atoms with Gasteiger partial charge >= 0.3 is 0 Å². The number of methoxy groups -OCH3 is 2. The number of nitro benzene ring substituents is 1. The van der Waals surface area contributed by atoms with Gasteiger partial charge in [0.25, 0.3) is 5.69 Å². The average Bonchev–Trinajstić information content (AvgIpc) is 2.50. The van der Waals surface area contributed by atoms with Crippen LogP contribution in [-0.2, 0) is 4.79 Å². The first-order chi connectivity index (χ1) is 9.94. The number of amides is 1. The highest BCUT2D eigenvalue weighted by molar-refractivity contribution is 5.82. The van der Waals surface area contributed by atoms with E-state index in [2.05, 4.69) is 5.32 Å². The van der Waals surface area contributed by atoms with Gasteiger partial charge in [-0.3, -0.25) is 14.9 Å². The molecule has 0 saturated heterocycles. The van der Waals surface area contributed by atoms with E-state index >= 15 is 0 Å². The minimum absolute atomic E-state index is 0.0410. The Kier molecular flexibility index (Phi) is 5.77. The van der Waals surface area contributed by atoms with Crippen LogP contribution in [0.5, 0.6) is 11.5 Å². The van der Waals surface area contributed by atoms with E-state index in [-0.39, 0.29) is 29.6 Å². The predicted octanol–water partition coefficient (Wildman–Crippen LogP) is 1.50. The lowest BCUT2D eigenvalue weighted by Crippen LogP contribution is -2.32. The van der Waals surface area contributed by atoms with Crippen molar-refractivity contribution < 1.29 is 19.2 Å². The number of hydrogen-bond donors (Lipinski definition) is 1. The summed E-state index contributed by atoms with van der Waals surface area (Å²) in [5.41, 5.74) is 0.0232. The molecule has 8 heteroatoms. The van der Waals surface area contributed by atoms with Gasteiger partial charge in [-0.2, -0.15) is 0 Å². The lowest BCUT2D eigenvalue weighted by atomic mass is 10.2. The number of ether oxygens (including phenoxy) is 2. The largest absolute Gasteiger partial charge is 0.493 e. The summed E-state index contributed by atoms with van der Waals surface area (Å²) in [6.07, 6.45) is 0. The van der Waals surface area contributed by atoms with Crippen molar-refractivity contribution in [1.29, 1.82) is 0 Å². The van der Waals surface area contributed by atoms with Gasteiger partial charge in [0.15, 0.2) is 11.5 Å². The van der Waals surface area contributed by atoms with Gasteiger partial charge < -0.3 is 19.7 Å². The quantitative estimate of drug-likeness (QED) is 0.605. The monoisotopic (exact) mass is 297 g/mol. The van der Waals surface area contributed by atoms with Crippen molar-refractivity contribution in [3.8, 4) is 11.5 Å². The Hall–Kier alpha value is -2.51. The van der Waals surface area contributed by atoms with Crippen molar-refractivity contribution in [2.75, 3.05) is 39.7 Å². The van der Waals surface area contributed by atoms with Gasteiger partial charge in [0.2, 0.25) is 5.91 Å². The van der Waals surface area contributed by atoms with E-state index in [9.17, 15) is 14.9 Å². The third kappa shape index (κ3) is 3.98. The van der Waals surface area contributed by atoms with E-state index in [1.165, 1.54) is 31.3 Å². The standard InChI is InChI=1S/C13H19N3O5/c1-5-15(2)13(17)8-14-9-6-11(20-3)12(21-4)7-10(9)16(18)19/h6-7,14H,5,8H2,1-4H3. The van der Waals surface area contributed by atoms with Crippen molar-refractivity contribution >= 4 is 17.3 Å². The number of likely N-dealkylation sites (N-methyl/N-ethyl adjacent to an activating group) is 1. The molecule has 0 aliphatic carbocycles. The molecule has 0 saturated carbocycles. The van der Waals surface area contributed by atoms with Crippen molar-refractivity contribution in [3.05, 3.63) is 22.2 Å². The molecule has 8 nitrogen and oxygen atoms in total. The fourth-order valence-electron chi connectivity index (χ4n) is 1.64. The van der Waals surface area contributed by atoms with Gasteiger partial charge in [0.1, 0.15) is 5.69 Å². The molecule has 0 fully saturated rings. The van der Waals surface area contributed by atoms with E-state index in [1.807, 2.05) is 6.92 Å². The molecule has 1 rings (SSSR count). The first-order valence-corrected chi connectivity index (χ1v) is 6.32. The predicted molar refractivity (Wildman–Crippen MR) is 78.0 cm³/mol. The maximum absolute atomic E-state index is 11.7. The van der Waals surface area contributed by atoms with Crippen molar-refractivity contribution in [1.82, 2.24) is 4.90 Å². The Labute approximate surface area is 122 Å². The molecule has 1 amide bonds. The normalized spacial score (nSPS) is 9.90. The third-order valence-corrected chi connectivity index (χ3v) is 3.03. The number of nitro groups is 1. The molecule has 21 heavy (non-hydrogen) atoms. The molecule has 0 aliphatic rings. The van der Waals surface area contributed by atoms with E-state index in [0.717, 1.165) is 0 Å². The highest BCUT2D eigenvalue weighted by Gasteiger charge is 2.20. The minimum Gasteiger partial charge on any atom is -0.493 e. The lowest BCUT2D eigenvalue weighted by Gasteiger charge is -2.16. The second-order valence-electron chi connectivity index (χ2n) is 4.24. The highest BCUT2D eigenvalue weighted by atomic mass is 16.6. The molecule has 0 aromatic heterocycles. The summed E-state index contributed by atoms with van der Waals surface area (Å²) < 4.78 is 10.1. The molecule has 0 spiro atoms. The number of nitrogens with one attached hydrogen (secondary N) is 1. The molecule has 1 aromatic carbocycles. The van der Waals surface area contributed by atoms with Crippen molar-refractivity contribution in [2.45, 2.75) is 6.92 Å². The number of anilines is 1. The van der Waals surface area contributed by atoms with Gasteiger partial charge in [-0.1, -0.05) is 0 Å². The zero-order valence-corrected chi connectivity index (χ0v) is 12.5. The van der Waals surface area contributed by atoms with E-state index in [1.54, 1.807) is 7.05 Å². The number of hydrogen-bond acceptors (Lipinski definition) is 6. The van der Waals surface area contributed by atoms with Crippen LogP contribution in [-0.4, -0.2) is 50.1 Å². The zero-order chi connectivity index (χ0) is 16.0. The second-order valence-corrected chi connectivity index (χ2v) is 4.24. The van der Waals surface area contributed by atoms with E-state index < -0.39 is 4.92 Å². The summed E-state index contributed by atoms with van der Waals surface area (Å²) in [6, 6.07) is 2.70. The molecule has 0 aliphatic heterocycles. The summed E-state index contributed by atoms with van der Waals surface area (Å²) in [5, 5.41) is 13.9. The zero-order valence-electron chi connectivity index (χ0n) is 12.5. The van der Waals surface area contributed by atoms with Crippen LogP contribution in [0.3, 0.4) is 0 Å². The molecule has 0 unspecified atom stereocenters. The Bertz CT molecular complexity index is 533. The lowest BCUT2D eigenvalue weighted by molar-refractivity contribution is -0.384. The Balaban J connectivity index is 3.04. The van der Waals surface area contributed by atoms with Crippen LogP contribution in [0.2, 0.25) is 0 Å². The smallest absolute Gasteiger partial charge is 0.296 e. The SMILES string of the molecule is CCN(C)C(=O)CNc1cc(OC)c(OC)cc1[N+](=O)[O-]. The highest BCUT2D eigenvalue weighted by Crippen LogP contribution is 2.37.